The summed E-state index contributed by atoms with van der Waals surface area (Å²) in [6, 6.07) is 5.64. The summed E-state index contributed by atoms with van der Waals surface area (Å²) in [4.78, 5) is 12.6. The quantitative estimate of drug-likeness (QED) is 0.940. The number of amides is 1. The lowest BCUT2D eigenvalue weighted by Crippen LogP contribution is -2.41. The lowest BCUT2D eigenvalue weighted by molar-refractivity contribution is 0.0711. The second kappa shape index (κ2) is 6.31. The molecule has 1 N–H and O–H groups in total. The Morgan fingerprint density at radius 2 is 2.22 bits per heavy atom. The number of ether oxygens (including phenoxy) is 1. The van der Waals surface area contributed by atoms with Crippen LogP contribution in [0.1, 0.15) is 41.4 Å². The Hall–Kier alpha value is -2.52. The van der Waals surface area contributed by atoms with E-state index in [1.54, 1.807) is 23.9 Å². The normalized spacial score (nSPS) is 18.6. The molecule has 120 valence electrons. The van der Waals surface area contributed by atoms with E-state index in [9.17, 15) is 10.1 Å². The molecule has 1 amide bonds. The summed E-state index contributed by atoms with van der Waals surface area (Å²) in [6.07, 6.45) is 5.52. The predicted molar refractivity (Wildman–Crippen MR) is 83.4 cm³/mol. The topological polar surface area (TPSA) is 80.2 Å². The van der Waals surface area contributed by atoms with Gasteiger partial charge in [0.05, 0.1) is 12.1 Å². The second-order valence-corrected chi connectivity index (χ2v) is 5.73. The van der Waals surface area contributed by atoms with E-state index in [4.69, 9.17) is 9.15 Å². The Bertz CT molecular complexity index is 734. The molecule has 0 spiro atoms. The number of nitrogens with zero attached hydrogens (tertiary/aromatic N) is 2. The Balaban J connectivity index is 1.87. The minimum Gasteiger partial charge on any atom is -0.443 e. The zero-order valence-electron chi connectivity index (χ0n) is 13.2. The summed E-state index contributed by atoms with van der Waals surface area (Å²) in [5.41, 5.74) is 0.539. The van der Waals surface area contributed by atoms with Gasteiger partial charge < -0.3 is 14.5 Å². The van der Waals surface area contributed by atoms with Crippen molar-refractivity contribution in [2.24, 2.45) is 0 Å². The Morgan fingerprint density at radius 1 is 1.48 bits per heavy atom. The molecule has 3 rings (SSSR count). The van der Waals surface area contributed by atoms with Crippen LogP contribution in [0.4, 0.5) is 0 Å². The van der Waals surface area contributed by atoms with Gasteiger partial charge >= 0.3 is 0 Å². The number of aromatic nitrogens is 1. The summed E-state index contributed by atoms with van der Waals surface area (Å²) in [5, 5.41) is 12.4. The molecule has 1 fully saturated rings. The molecule has 0 aromatic carbocycles. The molecule has 1 aliphatic rings. The van der Waals surface area contributed by atoms with Crippen molar-refractivity contribution in [3.05, 3.63) is 41.4 Å². The summed E-state index contributed by atoms with van der Waals surface area (Å²) in [6.45, 7) is 4.35. The highest BCUT2D eigenvalue weighted by molar-refractivity contribution is 5.98. The van der Waals surface area contributed by atoms with Crippen LogP contribution in [0, 0.1) is 18.3 Å². The number of aryl methyl sites for hydroxylation is 1. The van der Waals surface area contributed by atoms with Gasteiger partial charge in [0.2, 0.25) is 5.88 Å². The van der Waals surface area contributed by atoms with Crippen LogP contribution < -0.4 is 5.32 Å². The summed E-state index contributed by atoms with van der Waals surface area (Å²) in [7, 11) is 0. The van der Waals surface area contributed by atoms with Gasteiger partial charge in [0.1, 0.15) is 23.0 Å². The fourth-order valence-corrected chi connectivity index (χ4v) is 2.93. The van der Waals surface area contributed by atoms with E-state index in [2.05, 4.69) is 11.4 Å². The van der Waals surface area contributed by atoms with Gasteiger partial charge in [-0.3, -0.25) is 9.36 Å². The Kier molecular flexibility index (Phi) is 4.22. The van der Waals surface area contributed by atoms with Gasteiger partial charge in [-0.25, -0.2) is 0 Å². The lowest BCUT2D eigenvalue weighted by Gasteiger charge is -2.19. The summed E-state index contributed by atoms with van der Waals surface area (Å²) >= 11 is 0. The van der Waals surface area contributed by atoms with E-state index in [0.29, 0.717) is 17.2 Å². The first-order chi connectivity index (χ1) is 11.1. The molecule has 3 heterocycles. The first-order valence-electron chi connectivity index (χ1n) is 7.71. The van der Waals surface area contributed by atoms with Gasteiger partial charge in [-0.2, -0.15) is 5.26 Å². The van der Waals surface area contributed by atoms with Crippen LogP contribution in [-0.4, -0.2) is 29.2 Å². The molecule has 1 saturated heterocycles. The van der Waals surface area contributed by atoms with E-state index in [1.165, 1.54) is 0 Å². The van der Waals surface area contributed by atoms with Crippen LogP contribution in [-0.2, 0) is 4.74 Å². The molecule has 0 bridgehead atoms. The highest BCUT2D eigenvalue weighted by Gasteiger charge is 2.28. The maximum Gasteiger partial charge on any atom is 0.256 e. The molecule has 0 unspecified atom stereocenters. The second-order valence-electron chi connectivity index (χ2n) is 5.73. The lowest BCUT2D eigenvalue weighted by atomic mass is 10.1. The molecule has 2 atom stereocenters. The van der Waals surface area contributed by atoms with Gasteiger partial charge in [0.15, 0.2) is 0 Å². The number of hydrogen-bond donors (Lipinski definition) is 1. The summed E-state index contributed by atoms with van der Waals surface area (Å²) in [5.74, 6) is 0.497. The molecule has 6 heteroatoms. The fourth-order valence-electron chi connectivity index (χ4n) is 2.93. The third-order valence-corrected chi connectivity index (χ3v) is 4.12. The number of nitrogens with one attached hydrogen (secondary N) is 1. The van der Waals surface area contributed by atoms with Gasteiger partial charge in [-0.1, -0.05) is 0 Å². The van der Waals surface area contributed by atoms with Gasteiger partial charge in [-0.15, -0.1) is 0 Å². The number of furan rings is 1. The largest absolute Gasteiger partial charge is 0.443 e. The highest BCUT2D eigenvalue weighted by atomic mass is 16.5. The zero-order valence-corrected chi connectivity index (χ0v) is 13.2. The molecule has 1 aliphatic heterocycles. The van der Waals surface area contributed by atoms with Crippen LogP contribution in [0.2, 0.25) is 0 Å². The monoisotopic (exact) mass is 313 g/mol. The molecular formula is C17H19N3O3. The molecular weight excluding hydrogens is 294 g/mol. The number of nitriles is 1. The molecule has 2 aromatic rings. The maximum absolute atomic E-state index is 12.6. The van der Waals surface area contributed by atoms with Gasteiger partial charge in [0.25, 0.3) is 5.91 Å². The van der Waals surface area contributed by atoms with Crippen LogP contribution in [0.25, 0.3) is 5.88 Å². The van der Waals surface area contributed by atoms with Crippen LogP contribution in [0.5, 0.6) is 0 Å². The molecule has 2 aromatic heterocycles. The van der Waals surface area contributed by atoms with Crippen molar-refractivity contribution in [2.75, 3.05) is 6.61 Å². The fraction of sp³-hybridized carbons (Fsp3) is 0.412. The molecule has 23 heavy (non-hydrogen) atoms. The Morgan fingerprint density at radius 3 is 2.83 bits per heavy atom. The maximum atomic E-state index is 12.6. The highest BCUT2D eigenvalue weighted by Crippen LogP contribution is 2.26. The molecule has 0 radical (unpaired) electrons. The standard InChI is InChI=1S/C17H19N3O3/c1-11(14-6-5-9-22-14)19-16(21)15-12(2)23-17(13(15)10-18)20-7-3-4-8-20/h3-4,7-8,11,14H,5-6,9H2,1-2H3,(H,19,21)/t11-,14-/m1/s1. The number of carbonyl (C=O) groups excluding carboxylic acids is 1. The minimum atomic E-state index is -0.302. The first kappa shape index (κ1) is 15.4. The smallest absolute Gasteiger partial charge is 0.256 e. The number of carbonyl (C=O) groups is 1. The van der Waals surface area contributed by atoms with Crippen molar-refractivity contribution in [2.45, 2.75) is 38.8 Å². The minimum absolute atomic E-state index is 0.0283. The van der Waals surface area contributed by atoms with Crippen molar-refractivity contribution in [3.8, 4) is 12.0 Å². The van der Waals surface area contributed by atoms with E-state index in [-0.39, 0.29) is 23.6 Å². The van der Waals surface area contributed by atoms with E-state index >= 15 is 0 Å². The molecule has 0 aliphatic carbocycles. The average molecular weight is 313 g/mol. The van der Waals surface area contributed by atoms with Gasteiger partial charge in [0, 0.05) is 19.0 Å². The molecule has 0 saturated carbocycles. The first-order valence-corrected chi connectivity index (χ1v) is 7.71. The summed E-state index contributed by atoms with van der Waals surface area (Å²) < 4.78 is 12.9. The van der Waals surface area contributed by atoms with Crippen molar-refractivity contribution >= 4 is 5.91 Å². The van der Waals surface area contributed by atoms with E-state index < -0.39 is 0 Å². The van der Waals surface area contributed by atoms with Crippen molar-refractivity contribution < 1.29 is 13.9 Å². The third kappa shape index (κ3) is 2.88. The van der Waals surface area contributed by atoms with E-state index in [0.717, 1.165) is 19.4 Å². The van der Waals surface area contributed by atoms with Crippen molar-refractivity contribution in [1.82, 2.24) is 9.88 Å². The van der Waals surface area contributed by atoms with Crippen molar-refractivity contribution in [3.63, 3.8) is 0 Å². The Labute approximate surface area is 134 Å². The van der Waals surface area contributed by atoms with Crippen molar-refractivity contribution in [1.29, 1.82) is 5.26 Å². The average Bonchev–Trinajstić information content (AvgIpc) is 3.27. The van der Waals surface area contributed by atoms with Crippen LogP contribution in [0.15, 0.2) is 28.9 Å². The van der Waals surface area contributed by atoms with Crippen LogP contribution in [0.3, 0.4) is 0 Å². The number of hydrogen-bond acceptors (Lipinski definition) is 4. The molecule has 6 nitrogen and oxygen atoms in total. The number of rotatable bonds is 4. The SMILES string of the molecule is Cc1oc(-n2cccc2)c(C#N)c1C(=O)N[C@H](C)[C@H]1CCCO1. The third-order valence-electron chi connectivity index (χ3n) is 4.12. The predicted octanol–water partition coefficient (Wildman–Crippen LogP) is 2.55. The van der Waals surface area contributed by atoms with Crippen LogP contribution >= 0.6 is 0 Å². The van der Waals surface area contributed by atoms with E-state index in [1.807, 2.05) is 19.1 Å². The van der Waals surface area contributed by atoms with Gasteiger partial charge in [-0.05, 0) is 38.8 Å². The zero-order chi connectivity index (χ0) is 16.4.